The van der Waals surface area contributed by atoms with E-state index in [0.717, 1.165) is 38.3 Å². The normalized spacial score (nSPS) is 16.5. The van der Waals surface area contributed by atoms with Crippen LogP contribution in [0.3, 0.4) is 0 Å². The van der Waals surface area contributed by atoms with Crippen molar-refractivity contribution in [2.75, 3.05) is 26.2 Å². The van der Waals surface area contributed by atoms with Crippen LogP contribution in [0.15, 0.2) is 66.7 Å². The zero-order valence-corrected chi connectivity index (χ0v) is 15.6. The number of fused-ring (bicyclic) bond motifs is 1. The summed E-state index contributed by atoms with van der Waals surface area (Å²) >= 11 is 0. The molecule has 0 amide bonds. The number of rotatable bonds is 4. The SMILES string of the molecule is FC(F)(F)c1ccc(CN2CCN(Cc3ccc4ccccc4c3)CC2)cc1. The molecule has 0 bridgehead atoms. The highest BCUT2D eigenvalue weighted by atomic mass is 19.4. The Balaban J connectivity index is 1.30. The summed E-state index contributed by atoms with van der Waals surface area (Å²) in [5, 5.41) is 2.52. The lowest BCUT2D eigenvalue weighted by atomic mass is 10.1. The number of piperazine rings is 1. The third-order valence-corrected chi connectivity index (χ3v) is 5.37. The largest absolute Gasteiger partial charge is 0.416 e. The molecule has 3 aromatic rings. The van der Waals surface area contributed by atoms with Crippen molar-refractivity contribution in [1.29, 1.82) is 0 Å². The van der Waals surface area contributed by atoms with Crippen molar-refractivity contribution < 1.29 is 13.2 Å². The van der Waals surface area contributed by atoms with Gasteiger partial charge < -0.3 is 0 Å². The number of halogens is 3. The predicted octanol–water partition coefficient (Wildman–Crippen LogP) is 5.18. The van der Waals surface area contributed by atoms with E-state index in [1.165, 1.54) is 28.5 Å². The molecule has 0 unspecified atom stereocenters. The van der Waals surface area contributed by atoms with E-state index in [1.54, 1.807) is 12.1 Å². The van der Waals surface area contributed by atoms with Gasteiger partial charge in [0.05, 0.1) is 5.56 Å². The average molecular weight is 384 g/mol. The Labute approximate surface area is 163 Å². The van der Waals surface area contributed by atoms with Crippen LogP contribution in [0.4, 0.5) is 13.2 Å². The van der Waals surface area contributed by atoms with E-state index < -0.39 is 11.7 Å². The minimum Gasteiger partial charge on any atom is -0.297 e. The second-order valence-electron chi connectivity index (χ2n) is 7.43. The maximum atomic E-state index is 12.7. The molecule has 0 atom stereocenters. The molecular weight excluding hydrogens is 361 g/mol. The van der Waals surface area contributed by atoms with Gasteiger partial charge in [0.2, 0.25) is 0 Å². The van der Waals surface area contributed by atoms with Gasteiger partial charge in [0.15, 0.2) is 0 Å². The zero-order valence-electron chi connectivity index (χ0n) is 15.6. The molecule has 146 valence electrons. The number of nitrogens with zero attached hydrogens (tertiary/aromatic N) is 2. The first-order valence-corrected chi connectivity index (χ1v) is 9.56. The Kier molecular flexibility index (Phi) is 5.38. The van der Waals surface area contributed by atoms with E-state index in [-0.39, 0.29) is 0 Å². The summed E-state index contributed by atoms with van der Waals surface area (Å²) in [5.74, 6) is 0. The lowest BCUT2D eigenvalue weighted by Crippen LogP contribution is -2.45. The Hall–Kier alpha value is -2.37. The van der Waals surface area contributed by atoms with E-state index in [1.807, 2.05) is 0 Å². The number of hydrogen-bond donors (Lipinski definition) is 0. The summed E-state index contributed by atoms with van der Waals surface area (Å²) in [7, 11) is 0. The van der Waals surface area contributed by atoms with E-state index in [2.05, 4.69) is 52.3 Å². The number of alkyl halides is 3. The van der Waals surface area contributed by atoms with Gasteiger partial charge in [-0.1, -0.05) is 48.5 Å². The van der Waals surface area contributed by atoms with Gasteiger partial charge in [-0.15, -0.1) is 0 Å². The van der Waals surface area contributed by atoms with Crippen LogP contribution >= 0.6 is 0 Å². The standard InChI is InChI=1S/C23H23F3N2/c24-23(25,26)22-9-6-18(7-10-22)16-27-11-13-28(14-12-27)17-19-5-8-20-3-1-2-4-21(20)15-19/h1-10,15H,11-14,16-17H2. The van der Waals surface area contributed by atoms with Crippen LogP contribution in [0.25, 0.3) is 10.8 Å². The van der Waals surface area contributed by atoms with Crippen molar-refractivity contribution in [1.82, 2.24) is 9.80 Å². The molecule has 5 heteroatoms. The fourth-order valence-corrected chi connectivity index (χ4v) is 3.76. The molecule has 1 fully saturated rings. The first-order chi connectivity index (χ1) is 13.5. The third-order valence-electron chi connectivity index (χ3n) is 5.37. The summed E-state index contributed by atoms with van der Waals surface area (Å²) in [5.41, 5.74) is 1.65. The van der Waals surface area contributed by atoms with Crippen LogP contribution in [0.1, 0.15) is 16.7 Å². The van der Waals surface area contributed by atoms with Crippen molar-refractivity contribution in [3.63, 3.8) is 0 Å². The van der Waals surface area contributed by atoms with Gasteiger partial charge in [0.25, 0.3) is 0 Å². The summed E-state index contributed by atoms with van der Waals surface area (Å²) < 4.78 is 38.0. The van der Waals surface area contributed by atoms with Gasteiger partial charge in [-0.2, -0.15) is 13.2 Å². The fourth-order valence-electron chi connectivity index (χ4n) is 3.76. The summed E-state index contributed by atoms with van der Waals surface area (Å²) in [6, 6.07) is 20.5. The molecule has 0 spiro atoms. The monoisotopic (exact) mass is 384 g/mol. The van der Waals surface area contributed by atoms with Crippen molar-refractivity contribution in [3.8, 4) is 0 Å². The summed E-state index contributed by atoms with van der Waals surface area (Å²) in [6.07, 6.45) is -4.27. The molecule has 28 heavy (non-hydrogen) atoms. The molecule has 1 aliphatic heterocycles. The lowest BCUT2D eigenvalue weighted by Gasteiger charge is -2.34. The highest BCUT2D eigenvalue weighted by Gasteiger charge is 2.30. The highest BCUT2D eigenvalue weighted by molar-refractivity contribution is 5.82. The lowest BCUT2D eigenvalue weighted by molar-refractivity contribution is -0.137. The predicted molar refractivity (Wildman–Crippen MR) is 106 cm³/mol. The molecule has 1 aliphatic rings. The molecule has 3 aromatic carbocycles. The van der Waals surface area contributed by atoms with E-state index >= 15 is 0 Å². The molecule has 4 rings (SSSR count). The second kappa shape index (κ2) is 7.94. The topological polar surface area (TPSA) is 6.48 Å². The van der Waals surface area contributed by atoms with Gasteiger partial charge in [-0.25, -0.2) is 0 Å². The number of benzene rings is 3. The van der Waals surface area contributed by atoms with Crippen molar-refractivity contribution in [3.05, 3.63) is 83.4 Å². The molecule has 0 N–H and O–H groups in total. The van der Waals surface area contributed by atoms with Crippen molar-refractivity contribution in [2.45, 2.75) is 19.3 Å². The van der Waals surface area contributed by atoms with E-state index in [4.69, 9.17) is 0 Å². The van der Waals surface area contributed by atoms with Crippen LogP contribution in [0.5, 0.6) is 0 Å². The summed E-state index contributed by atoms with van der Waals surface area (Å²) in [6.45, 7) is 5.41. The Bertz CT molecular complexity index is 926. The maximum Gasteiger partial charge on any atom is 0.416 e. The number of hydrogen-bond acceptors (Lipinski definition) is 2. The van der Waals surface area contributed by atoms with Crippen molar-refractivity contribution in [2.24, 2.45) is 0 Å². The minimum absolute atomic E-state index is 0.587. The Morgan fingerprint density at radius 2 is 1.18 bits per heavy atom. The molecule has 0 radical (unpaired) electrons. The van der Waals surface area contributed by atoms with Gasteiger partial charge in [0, 0.05) is 39.3 Å². The molecule has 0 aliphatic carbocycles. The van der Waals surface area contributed by atoms with Crippen LogP contribution in [-0.4, -0.2) is 36.0 Å². The first kappa shape index (κ1) is 19.0. The zero-order chi connectivity index (χ0) is 19.6. The van der Waals surface area contributed by atoms with E-state index in [0.29, 0.717) is 6.54 Å². The van der Waals surface area contributed by atoms with Gasteiger partial charge in [0.1, 0.15) is 0 Å². The first-order valence-electron chi connectivity index (χ1n) is 9.56. The Morgan fingerprint density at radius 1 is 0.643 bits per heavy atom. The average Bonchev–Trinajstić information content (AvgIpc) is 2.69. The third kappa shape index (κ3) is 4.54. The summed E-state index contributed by atoms with van der Waals surface area (Å²) in [4.78, 5) is 4.74. The maximum absolute atomic E-state index is 12.7. The Morgan fingerprint density at radius 3 is 1.79 bits per heavy atom. The van der Waals surface area contributed by atoms with Crippen molar-refractivity contribution >= 4 is 10.8 Å². The van der Waals surface area contributed by atoms with Crippen LogP contribution in [-0.2, 0) is 19.3 Å². The molecule has 0 saturated carbocycles. The molecule has 1 saturated heterocycles. The second-order valence-corrected chi connectivity index (χ2v) is 7.43. The van der Waals surface area contributed by atoms with E-state index in [9.17, 15) is 13.2 Å². The fraction of sp³-hybridized carbons (Fsp3) is 0.304. The van der Waals surface area contributed by atoms with Crippen LogP contribution < -0.4 is 0 Å². The molecule has 0 aromatic heterocycles. The highest BCUT2D eigenvalue weighted by Crippen LogP contribution is 2.29. The molecule has 1 heterocycles. The van der Waals surface area contributed by atoms with Gasteiger partial charge in [-0.3, -0.25) is 9.80 Å². The van der Waals surface area contributed by atoms with Gasteiger partial charge >= 0.3 is 6.18 Å². The minimum atomic E-state index is -4.27. The molecular formula is C23H23F3N2. The van der Waals surface area contributed by atoms with Crippen LogP contribution in [0.2, 0.25) is 0 Å². The van der Waals surface area contributed by atoms with Crippen LogP contribution in [0, 0.1) is 0 Å². The molecule has 2 nitrogen and oxygen atoms in total. The smallest absolute Gasteiger partial charge is 0.297 e. The quantitative estimate of drug-likeness (QED) is 0.612. The van der Waals surface area contributed by atoms with Gasteiger partial charge in [-0.05, 0) is 40.1 Å².